The topological polar surface area (TPSA) is 59.3 Å². The molecule has 0 saturated heterocycles. The second-order valence-electron chi connectivity index (χ2n) is 6.75. The first kappa shape index (κ1) is 19.6. The molecular formula is C22H17F3N4O. The molecule has 1 amide bonds. The predicted molar refractivity (Wildman–Crippen MR) is 106 cm³/mol. The van der Waals surface area contributed by atoms with Crippen molar-refractivity contribution >= 4 is 11.6 Å². The Morgan fingerprint density at radius 2 is 1.67 bits per heavy atom. The fraction of sp³-hybridized carbons (Fsp3) is 0.136. The number of amides is 1. The molecule has 0 fully saturated rings. The number of hydrogen-bond acceptors (Lipinski definition) is 3. The number of hydrogen-bond donors (Lipinski definition) is 1. The van der Waals surface area contributed by atoms with Crippen molar-refractivity contribution < 1.29 is 18.0 Å². The molecule has 152 valence electrons. The van der Waals surface area contributed by atoms with Gasteiger partial charge in [-0.3, -0.25) is 4.79 Å². The minimum atomic E-state index is -4.80. The van der Waals surface area contributed by atoms with Crippen LogP contribution in [0.5, 0.6) is 0 Å². The van der Waals surface area contributed by atoms with Crippen molar-refractivity contribution in [1.82, 2.24) is 19.9 Å². The highest BCUT2D eigenvalue weighted by Gasteiger charge is 2.40. The third kappa shape index (κ3) is 3.63. The number of fused-ring (bicyclic) bond motifs is 1. The first-order chi connectivity index (χ1) is 14.4. The van der Waals surface area contributed by atoms with Crippen molar-refractivity contribution in [2.24, 2.45) is 0 Å². The van der Waals surface area contributed by atoms with Gasteiger partial charge in [-0.05, 0) is 18.1 Å². The molecule has 0 aliphatic rings. The van der Waals surface area contributed by atoms with Gasteiger partial charge in [-0.2, -0.15) is 18.3 Å². The maximum Gasteiger partial charge on any atom is 0.434 e. The van der Waals surface area contributed by atoms with Gasteiger partial charge in [0, 0.05) is 18.3 Å². The van der Waals surface area contributed by atoms with Crippen molar-refractivity contribution in [2.45, 2.75) is 19.6 Å². The van der Waals surface area contributed by atoms with E-state index in [9.17, 15) is 18.0 Å². The standard InChI is InChI=1S/C22H17F3N4O/c1-14-18(16-10-6-3-7-11-16)20-26-13-17(19(22(23,24)25)29(20)28-14)21(30)27-12-15-8-4-2-5-9-15/h2-11,13H,12H2,1H3,(H,27,30). The van der Waals surface area contributed by atoms with Crippen LogP contribution in [-0.2, 0) is 12.7 Å². The summed E-state index contributed by atoms with van der Waals surface area (Å²) in [6.45, 7) is 1.72. The Bertz CT molecular complexity index is 1200. The summed E-state index contributed by atoms with van der Waals surface area (Å²) < 4.78 is 42.6. The molecule has 0 aliphatic heterocycles. The summed E-state index contributed by atoms with van der Waals surface area (Å²) in [5.74, 6) is -0.866. The normalized spacial score (nSPS) is 11.6. The van der Waals surface area contributed by atoms with E-state index in [-0.39, 0.29) is 12.2 Å². The zero-order chi connectivity index (χ0) is 21.3. The maximum atomic E-state index is 14.0. The fourth-order valence-electron chi connectivity index (χ4n) is 3.35. The van der Waals surface area contributed by atoms with E-state index in [1.54, 1.807) is 55.5 Å². The number of benzene rings is 2. The third-order valence-electron chi connectivity index (χ3n) is 4.69. The molecule has 0 saturated carbocycles. The Morgan fingerprint density at radius 1 is 1.03 bits per heavy atom. The quantitative estimate of drug-likeness (QED) is 0.533. The average molecular weight is 410 g/mol. The molecule has 2 aromatic heterocycles. The number of alkyl halides is 3. The van der Waals surface area contributed by atoms with Crippen LogP contribution in [0.1, 0.15) is 27.3 Å². The smallest absolute Gasteiger partial charge is 0.348 e. The van der Waals surface area contributed by atoms with Gasteiger partial charge in [0.15, 0.2) is 11.3 Å². The van der Waals surface area contributed by atoms with Crippen LogP contribution in [0.2, 0.25) is 0 Å². The molecule has 0 radical (unpaired) electrons. The lowest BCUT2D eigenvalue weighted by atomic mass is 10.1. The number of aromatic nitrogens is 3. The van der Waals surface area contributed by atoms with Gasteiger partial charge in [-0.15, -0.1) is 0 Å². The predicted octanol–water partition coefficient (Wildman–Crippen LogP) is 4.65. The van der Waals surface area contributed by atoms with Crippen LogP contribution in [0.15, 0.2) is 66.9 Å². The zero-order valence-corrected chi connectivity index (χ0v) is 15.9. The van der Waals surface area contributed by atoms with Crippen molar-refractivity contribution in [3.05, 3.63) is 89.4 Å². The molecule has 0 spiro atoms. The first-order valence-corrected chi connectivity index (χ1v) is 9.19. The Kier molecular flexibility index (Phi) is 4.99. The lowest BCUT2D eigenvalue weighted by molar-refractivity contribution is -0.143. The highest BCUT2D eigenvalue weighted by atomic mass is 19.4. The lowest BCUT2D eigenvalue weighted by Gasteiger charge is -2.14. The van der Waals surface area contributed by atoms with Crippen LogP contribution < -0.4 is 5.32 Å². The van der Waals surface area contributed by atoms with Gasteiger partial charge in [0.05, 0.1) is 11.3 Å². The van der Waals surface area contributed by atoms with Gasteiger partial charge in [0.25, 0.3) is 5.91 Å². The summed E-state index contributed by atoms with van der Waals surface area (Å²) in [5.41, 5.74) is 0.682. The molecule has 4 aromatic rings. The molecule has 30 heavy (non-hydrogen) atoms. The Hall–Kier alpha value is -3.68. The minimum absolute atomic E-state index is 0.0469. The number of rotatable bonds is 4. The van der Waals surface area contributed by atoms with Gasteiger partial charge in [-0.25, -0.2) is 9.50 Å². The Labute approximate surface area is 170 Å². The largest absolute Gasteiger partial charge is 0.434 e. The van der Waals surface area contributed by atoms with E-state index < -0.39 is 23.3 Å². The Morgan fingerprint density at radius 3 is 2.30 bits per heavy atom. The monoisotopic (exact) mass is 410 g/mol. The number of aryl methyl sites for hydroxylation is 1. The van der Waals surface area contributed by atoms with Gasteiger partial charge in [0.1, 0.15) is 0 Å². The number of halogens is 3. The molecule has 0 aliphatic carbocycles. The maximum absolute atomic E-state index is 14.0. The molecule has 2 aromatic carbocycles. The Balaban J connectivity index is 1.80. The number of nitrogens with zero attached hydrogens (tertiary/aromatic N) is 3. The van der Waals surface area contributed by atoms with Crippen LogP contribution in [0.25, 0.3) is 16.8 Å². The summed E-state index contributed by atoms with van der Waals surface area (Å²) >= 11 is 0. The van der Waals surface area contributed by atoms with Gasteiger partial charge >= 0.3 is 6.18 Å². The molecule has 0 bridgehead atoms. The van der Waals surface area contributed by atoms with Crippen LogP contribution in [0.3, 0.4) is 0 Å². The fourth-order valence-corrected chi connectivity index (χ4v) is 3.35. The van der Waals surface area contributed by atoms with Crippen LogP contribution in [0, 0.1) is 6.92 Å². The number of nitrogens with one attached hydrogen (secondary N) is 1. The van der Waals surface area contributed by atoms with Crippen molar-refractivity contribution in [1.29, 1.82) is 0 Å². The highest BCUT2D eigenvalue weighted by Crippen LogP contribution is 2.35. The van der Waals surface area contributed by atoms with Crippen LogP contribution in [0.4, 0.5) is 13.2 Å². The number of carbonyl (C=O) groups excluding carboxylic acids is 1. The van der Waals surface area contributed by atoms with E-state index in [1.807, 2.05) is 12.1 Å². The molecule has 0 atom stereocenters. The van der Waals surface area contributed by atoms with E-state index in [4.69, 9.17) is 0 Å². The SMILES string of the molecule is Cc1nn2c(C(F)(F)F)c(C(=O)NCc3ccccc3)cnc2c1-c1ccccc1. The van der Waals surface area contributed by atoms with E-state index in [0.717, 1.165) is 16.3 Å². The summed E-state index contributed by atoms with van der Waals surface area (Å²) in [7, 11) is 0. The van der Waals surface area contributed by atoms with Gasteiger partial charge in [0.2, 0.25) is 0 Å². The lowest BCUT2D eigenvalue weighted by Crippen LogP contribution is -2.28. The van der Waals surface area contributed by atoms with Crippen molar-refractivity contribution in [3.63, 3.8) is 0 Å². The molecule has 4 rings (SSSR count). The van der Waals surface area contributed by atoms with E-state index in [0.29, 0.717) is 16.8 Å². The molecular weight excluding hydrogens is 393 g/mol. The average Bonchev–Trinajstić information content (AvgIpc) is 3.07. The van der Waals surface area contributed by atoms with Crippen molar-refractivity contribution in [3.8, 4) is 11.1 Å². The summed E-state index contributed by atoms with van der Waals surface area (Å²) in [5, 5.41) is 6.60. The van der Waals surface area contributed by atoms with E-state index in [2.05, 4.69) is 15.4 Å². The molecule has 5 nitrogen and oxygen atoms in total. The van der Waals surface area contributed by atoms with Crippen LogP contribution >= 0.6 is 0 Å². The summed E-state index contributed by atoms with van der Waals surface area (Å²) in [4.78, 5) is 16.8. The summed E-state index contributed by atoms with van der Waals surface area (Å²) in [6.07, 6.45) is -3.83. The summed E-state index contributed by atoms with van der Waals surface area (Å²) in [6, 6.07) is 17.9. The van der Waals surface area contributed by atoms with Crippen LogP contribution in [-0.4, -0.2) is 20.5 Å². The minimum Gasteiger partial charge on any atom is -0.348 e. The highest BCUT2D eigenvalue weighted by molar-refractivity contribution is 5.96. The second-order valence-corrected chi connectivity index (χ2v) is 6.75. The zero-order valence-electron chi connectivity index (χ0n) is 15.9. The first-order valence-electron chi connectivity index (χ1n) is 9.19. The molecule has 2 heterocycles. The van der Waals surface area contributed by atoms with Gasteiger partial charge < -0.3 is 5.32 Å². The van der Waals surface area contributed by atoms with E-state index in [1.165, 1.54) is 0 Å². The van der Waals surface area contributed by atoms with Gasteiger partial charge in [-0.1, -0.05) is 60.7 Å². The molecule has 8 heteroatoms. The molecule has 1 N–H and O–H groups in total. The molecule has 0 unspecified atom stereocenters. The second kappa shape index (κ2) is 7.62. The van der Waals surface area contributed by atoms with E-state index >= 15 is 0 Å². The van der Waals surface area contributed by atoms with Crippen molar-refractivity contribution in [2.75, 3.05) is 0 Å². The number of carbonyl (C=O) groups is 1. The third-order valence-corrected chi connectivity index (χ3v) is 4.69.